The Balaban J connectivity index is 1.76. The number of amides is 2. The third-order valence-electron chi connectivity index (χ3n) is 3.65. The van der Waals surface area contributed by atoms with E-state index in [1.54, 1.807) is 12.0 Å². The van der Waals surface area contributed by atoms with Crippen molar-refractivity contribution >= 4 is 15.9 Å². The van der Waals surface area contributed by atoms with Crippen LogP contribution in [0.2, 0.25) is 0 Å². The lowest BCUT2D eigenvalue weighted by atomic mass is 10.1. The molecule has 1 atom stereocenters. The summed E-state index contributed by atoms with van der Waals surface area (Å²) in [6, 6.07) is 0.242. The van der Waals surface area contributed by atoms with E-state index in [4.69, 9.17) is 4.74 Å². The molecule has 0 radical (unpaired) electrons. The third kappa shape index (κ3) is 4.35. The molecule has 0 aromatic rings. The second-order valence-electron chi connectivity index (χ2n) is 5.37. The van der Waals surface area contributed by atoms with Crippen LogP contribution in [-0.2, 0) is 14.6 Å². The van der Waals surface area contributed by atoms with Crippen molar-refractivity contribution in [2.75, 3.05) is 38.3 Å². The molecule has 6 nitrogen and oxygen atoms in total. The van der Waals surface area contributed by atoms with E-state index in [9.17, 15) is 13.2 Å². The van der Waals surface area contributed by atoms with Gasteiger partial charge in [0.2, 0.25) is 0 Å². The van der Waals surface area contributed by atoms with Gasteiger partial charge < -0.3 is 15.0 Å². The zero-order chi connectivity index (χ0) is 13.9. The average molecular weight is 290 g/mol. The number of rotatable bonds is 6. The lowest BCUT2D eigenvalue weighted by Crippen LogP contribution is -2.44. The first kappa shape index (κ1) is 14.6. The minimum Gasteiger partial charge on any atom is -0.383 e. The van der Waals surface area contributed by atoms with Gasteiger partial charge in [0, 0.05) is 26.2 Å². The van der Waals surface area contributed by atoms with Crippen molar-refractivity contribution in [3.63, 3.8) is 0 Å². The fourth-order valence-corrected chi connectivity index (χ4v) is 4.25. The van der Waals surface area contributed by atoms with Crippen molar-refractivity contribution in [3.8, 4) is 0 Å². The van der Waals surface area contributed by atoms with Gasteiger partial charge in [0.05, 0.1) is 18.1 Å². The van der Waals surface area contributed by atoms with E-state index >= 15 is 0 Å². The summed E-state index contributed by atoms with van der Waals surface area (Å²) in [7, 11) is -1.25. The van der Waals surface area contributed by atoms with Crippen LogP contribution in [0.4, 0.5) is 4.79 Å². The van der Waals surface area contributed by atoms with E-state index < -0.39 is 9.84 Å². The summed E-state index contributed by atoms with van der Waals surface area (Å²) >= 11 is 0. The van der Waals surface area contributed by atoms with Gasteiger partial charge in [-0.3, -0.25) is 0 Å². The number of hydrogen-bond donors (Lipinski definition) is 1. The molecule has 2 aliphatic rings. The molecular weight excluding hydrogens is 268 g/mol. The number of nitrogens with one attached hydrogen (secondary N) is 1. The maximum atomic E-state index is 12.1. The number of ether oxygens (including phenoxy) is 1. The molecule has 1 saturated carbocycles. The molecule has 1 aliphatic carbocycles. The first-order chi connectivity index (χ1) is 9.02. The Hall–Kier alpha value is -0.820. The fourth-order valence-electron chi connectivity index (χ4n) is 2.39. The zero-order valence-electron chi connectivity index (χ0n) is 11.3. The maximum Gasteiger partial charge on any atom is 0.317 e. The van der Waals surface area contributed by atoms with Gasteiger partial charge in [-0.2, -0.15) is 0 Å². The summed E-state index contributed by atoms with van der Waals surface area (Å²) in [6.45, 7) is 1.58. The third-order valence-corrected chi connectivity index (χ3v) is 5.49. The van der Waals surface area contributed by atoms with Crippen molar-refractivity contribution in [1.29, 1.82) is 0 Å². The Morgan fingerprint density at radius 1 is 1.37 bits per heavy atom. The van der Waals surface area contributed by atoms with Gasteiger partial charge in [0.15, 0.2) is 9.84 Å². The van der Waals surface area contributed by atoms with Crippen molar-refractivity contribution < 1.29 is 17.9 Å². The number of carbonyl (C=O) groups is 1. The normalized spacial score (nSPS) is 25.2. The molecule has 1 aliphatic heterocycles. The van der Waals surface area contributed by atoms with E-state index in [0.29, 0.717) is 32.2 Å². The van der Waals surface area contributed by atoms with Gasteiger partial charge in [0.1, 0.15) is 0 Å². The van der Waals surface area contributed by atoms with Gasteiger partial charge >= 0.3 is 6.03 Å². The highest BCUT2D eigenvalue weighted by Crippen LogP contribution is 2.26. The summed E-state index contributed by atoms with van der Waals surface area (Å²) in [5, 5.41) is 2.86. The molecule has 2 amide bonds. The van der Waals surface area contributed by atoms with Crippen molar-refractivity contribution in [2.45, 2.75) is 25.3 Å². The summed E-state index contributed by atoms with van der Waals surface area (Å²) in [5.74, 6) is 0.524. The predicted octanol–water partition coefficient (Wildman–Crippen LogP) is 0.242. The molecule has 7 heteroatoms. The minimum absolute atomic E-state index is 0.0671. The molecule has 0 aromatic carbocycles. The van der Waals surface area contributed by atoms with Crippen LogP contribution in [0.25, 0.3) is 0 Å². The van der Waals surface area contributed by atoms with E-state index in [1.807, 2.05) is 0 Å². The van der Waals surface area contributed by atoms with Crippen LogP contribution in [0, 0.1) is 5.92 Å². The summed E-state index contributed by atoms with van der Waals surface area (Å²) < 4.78 is 27.7. The summed E-state index contributed by atoms with van der Waals surface area (Å²) in [6.07, 6.45) is 2.76. The highest BCUT2D eigenvalue weighted by atomic mass is 32.2. The molecule has 2 fully saturated rings. The quantitative estimate of drug-likeness (QED) is 0.760. The molecular formula is C12H22N2O4S. The van der Waals surface area contributed by atoms with Gasteiger partial charge in [-0.25, -0.2) is 13.2 Å². The maximum absolute atomic E-state index is 12.1. The van der Waals surface area contributed by atoms with Crippen molar-refractivity contribution in [1.82, 2.24) is 10.2 Å². The molecule has 19 heavy (non-hydrogen) atoms. The fraction of sp³-hybridized carbons (Fsp3) is 0.917. The lowest BCUT2D eigenvalue weighted by Gasteiger charge is -2.23. The monoisotopic (exact) mass is 290 g/mol. The molecule has 1 saturated heterocycles. The second-order valence-corrected chi connectivity index (χ2v) is 7.60. The number of nitrogens with zero attached hydrogens (tertiary/aromatic N) is 1. The van der Waals surface area contributed by atoms with Crippen LogP contribution in [0.5, 0.6) is 0 Å². The lowest BCUT2D eigenvalue weighted by molar-refractivity contribution is 0.145. The van der Waals surface area contributed by atoms with Crippen LogP contribution in [-0.4, -0.2) is 63.7 Å². The largest absolute Gasteiger partial charge is 0.383 e. The molecule has 1 N–H and O–H groups in total. The molecule has 0 spiro atoms. The van der Waals surface area contributed by atoms with Gasteiger partial charge in [-0.15, -0.1) is 0 Å². The average Bonchev–Trinajstić information content (AvgIpc) is 3.12. The highest BCUT2D eigenvalue weighted by molar-refractivity contribution is 7.91. The zero-order valence-corrected chi connectivity index (χ0v) is 12.1. The van der Waals surface area contributed by atoms with Crippen molar-refractivity contribution in [3.05, 3.63) is 0 Å². The van der Waals surface area contributed by atoms with E-state index in [-0.39, 0.29) is 23.5 Å². The topological polar surface area (TPSA) is 75.7 Å². The number of methoxy groups -OCH3 is 1. The van der Waals surface area contributed by atoms with Gasteiger partial charge in [-0.05, 0) is 25.2 Å². The summed E-state index contributed by atoms with van der Waals surface area (Å²) in [4.78, 5) is 13.9. The molecule has 2 rings (SSSR count). The van der Waals surface area contributed by atoms with Crippen LogP contribution in [0.15, 0.2) is 0 Å². The van der Waals surface area contributed by atoms with Crippen LogP contribution >= 0.6 is 0 Å². The van der Waals surface area contributed by atoms with Crippen LogP contribution < -0.4 is 5.32 Å². The SMILES string of the molecule is COCCN(C(=O)NC[C@@H]1CCS(=O)(=O)C1)C1CC1. The molecule has 0 bridgehead atoms. The molecule has 0 aromatic heterocycles. The van der Waals surface area contributed by atoms with Crippen LogP contribution in [0.1, 0.15) is 19.3 Å². The van der Waals surface area contributed by atoms with Gasteiger partial charge in [0.25, 0.3) is 0 Å². The predicted molar refractivity (Wildman–Crippen MR) is 71.8 cm³/mol. The number of carbonyl (C=O) groups excluding carboxylic acids is 1. The second kappa shape index (κ2) is 6.09. The Morgan fingerprint density at radius 2 is 2.11 bits per heavy atom. The van der Waals surface area contributed by atoms with Crippen molar-refractivity contribution in [2.24, 2.45) is 5.92 Å². The first-order valence-corrected chi connectivity index (χ1v) is 8.58. The molecule has 110 valence electrons. The Morgan fingerprint density at radius 3 is 2.63 bits per heavy atom. The smallest absolute Gasteiger partial charge is 0.317 e. The summed E-state index contributed by atoms with van der Waals surface area (Å²) in [5.41, 5.74) is 0. The molecule has 1 heterocycles. The Kier molecular flexibility index (Phi) is 4.67. The number of urea groups is 1. The first-order valence-electron chi connectivity index (χ1n) is 6.75. The molecule has 0 unspecified atom stereocenters. The Labute approximate surface area is 114 Å². The standard InChI is InChI=1S/C12H22N2O4S/c1-18-6-5-14(11-2-3-11)12(15)13-8-10-4-7-19(16,17)9-10/h10-11H,2-9H2,1H3,(H,13,15)/t10-/m0/s1. The highest BCUT2D eigenvalue weighted by Gasteiger charge is 2.33. The van der Waals surface area contributed by atoms with Gasteiger partial charge in [-0.1, -0.05) is 0 Å². The Bertz CT molecular complexity index is 419. The van der Waals surface area contributed by atoms with E-state index in [2.05, 4.69) is 5.32 Å². The van der Waals surface area contributed by atoms with E-state index in [0.717, 1.165) is 12.8 Å². The number of sulfone groups is 1. The van der Waals surface area contributed by atoms with Crippen LogP contribution in [0.3, 0.4) is 0 Å². The number of hydrogen-bond acceptors (Lipinski definition) is 4. The minimum atomic E-state index is -2.87. The van der Waals surface area contributed by atoms with E-state index in [1.165, 1.54) is 0 Å².